The second kappa shape index (κ2) is 9.04. The fraction of sp³-hybridized carbons (Fsp3) is 0.0476. The Bertz CT molecular complexity index is 1380. The van der Waals surface area contributed by atoms with E-state index in [1.807, 2.05) is 0 Å². The first-order valence-electron chi connectivity index (χ1n) is 9.47. The molecular weight excluding hydrogens is 451 g/mol. The number of carbonyl (C=O) groups excluding carboxylic acids is 1. The normalized spacial score (nSPS) is 11.1. The highest BCUT2D eigenvalue weighted by Gasteiger charge is 2.18. The molecule has 0 spiro atoms. The van der Waals surface area contributed by atoms with E-state index in [1.165, 1.54) is 30.3 Å². The molecule has 1 aromatic heterocycles. The lowest BCUT2D eigenvalue weighted by Crippen LogP contribution is -2.15. The summed E-state index contributed by atoms with van der Waals surface area (Å²) in [6, 6.07) is 15.5. The van der Waals surface area contributed by atoms with Crippen molar-refractivity contribution in [2.45, 2.75) is 4.90 Å². The van der Waals surface area contributed by atoms with Crippen LogP contribution in [-0.2, 0) is 10.0 Å². The van der Waals surface area contributed by atoms with E-state index < -0.39 is 21.7 Å². The van der Waals surface area contributed by atoms with E-state index in [0.717, 1.165) is 24.3 Å². The Morgan fingerprint density at radius 2 is 1.76 bits per heavy atom. The maximum absolute atomic E-state index is 13.1. The van der Waals surface area contributed by atoms with E-state index in [1.54, 1.807) is 30.3 Å². The number of halogens is 1. The molecule has 0 unspecified atom stereocenters. The topological polar surface area (TPSA) is 128 Å². The van der Waals surface area contributed by atoms with Crippen LogP contribution in [0, 0.1) is 5.82 Å². The lowest BCUT2D eigenvalue weighted by molar-refractivity contribution is 0.102. The molecule has 0 aliphatic carbocycles. The van der Waals surface area contributed by atoms with Crippen molar-refractivity contribution < 1.29 is 22.3 Å². The number of anilines is 2. The number of sulfonamides is 1. The quantitative estimate of drug-likeness (QED) is 0.427. The monoisotopic (exact) mass is 468 g/mol. The van der Waals surface area contributed by atoms with E-state index in [9.17, 15) is 17.6 Å². The van der Waals surface area contributed by atoms with Crippen LogP contribution in [0.1, 0.15) is 10.4 Å². The molecule has 12 heteroatoms. The van der Waals surface area contributed by atoms with Gasteiger partial charge >= 0.3 is 0 Å². The van der Waals surface area contributed by atoms with Crippen molar-refractivity contribution in [2.75, 3.05) is 17.1 Å². The third-order valence-corrected chi connectivity index (χ3v) is 5.95. The molecule has 168 valence electrons. The first-order chi connectivity index (χ1) is 15.9. The van der Waals surface area contributed by atoms with Crippen LogP contribution in [0.3, 0.4) is 0 Å². The molecule has 0 aliphatic rings. The third kappa shape index (κ3) is 4.96. The molecule has 4 rings (SSSR count). The van der Waals surface area contributed by atoms with Crippen molar-refractivity contribution in [1.82, 2.24) is 20.2 Å². The highest BCUT2D eigenvalue weighted by Crippen LogP contribution is 2.30. The zero-order valence-corrected chi connectivity index (χ0v) is 18.0. The Morgan fingerprint density at radius 1 is 1.03 bits per heavy atom. The minimum Gasteiger partial charge on any atom is -0.495 e. The predicted octanol–water partition coefficient (Wildman–Crippen LogP) is 2.86. The fourth-order valence-electron chi connectivity index (χ4n) is 2.93. The van der Waals surface area contributed by atoms with Gasteiger partial charge in [-0.3, -0.25) is 9.52 Å². The molecule has 0 saturated heterocycles. The second-order valence-corrected chi connectivity index (χ2v) is 8.41. The van der Waals surface area contributed by atoms with Crippen molar-refractivity contribution in [1.29, 1.82) is 0 Å². The molecule has 4 aromatic rings. The summed E-state index contributed by atoms with van der Waals surface area (Å²) >= 11 is 0. The Labute approximate surface area is 188 Å². The number of ether oxygens (including phenoxy) is 1. The first-order valence-corrected chi connectivity index (χ1v) is 11.0. The van der Waals surface area contributed by atoms with Gasteiger partial charge in [0.05, 0.1) is 23.4 Å². The first kappa shape index (κ1) is 21.9. The molecule has 1 heterocycles. The summed E-state index contributed by atoms with van der Waals surface area (Å²) in [5.41, 5.74) is 1.49. The summed E-state index contributed by atoms with van der Waals surface area (Å²) in [4.78, 5) is 12.5. The van der Waals surface area contributed by atoms with Crippen LogP contribution in [0.25, 0.3) is 5.69 Å². The lowest BCUT2D eigenvalue weighted by atomic mass is 10.2. The standard InChI is InChI=1S/C21H17FN6O4S/c1-32-20-11-6-16(12-19(20)25-33(30,31)18-9-4-15(22)5-10-18)24-21(29)14-2-7-17(8-3-14)28-13-23-26-27-28/h2-13,25H,1H3,(H,24,29). The van der Waals surface area contributed by atoms with E-state index in [-0.39, 0.29) is 16.3 Å². The van der Waals surface area contributed by atoms with Gasteiger partial charge in [-0.15, -0.1) is 5.10 Å². The van der Waals surface area contributed by atoms with Gasteiger partial charge in [0, 0.05) is 11.3 Å². The second-order valence-electron chi connectivity index (χ2n) is 6.73. The molecule has 2 N–H and O–H groups in total. The molecule has 0 radical (unpaired) electrons. The number of hydrogen-bond donors (Lipinski definition) is 2. The molecule has 0 saturated carbocycles. The van der Waals surface area contributed by atoms with Crippen LogP contribution in [0.2, 0.25) is 0 Å². The summed E-state index contributed by atoms with van der Waals surface area (Å²) < 4.78 is 47.6. The molecule has 33 heavy (non-hydrogen) atoms. The number of aromatic nitrogens is 4. The molecule has 3 aromatic carbocycles. The zero-order chi connectivity index (χ0) is 23.4. The largest absolute Gasteiger partial charge is 0.495 e. The van der Waals surface area contributed by atoms with Crippen LogP contribution < -0.4 is 14.8 Å². The van der Waals surface area contributed by atoms with Gasteiger partial charge in [0.2, 0.25) is 0 Å². The van der Waals surface area contributed by atoms with Crippen molar-refractivity contribution in [2.24, 2.45) is 0 Å². The SMILES string of the molecule is COc1ccc(NC(=O)c2ccc(-n3cnnn3)cc2)cc1NS(=O)(=O)c1ccc(F)cc1. The summed E-state index contributed by atoms with van der Waals surface area (Å²) in [6.45, 7) is 0. The van der Waals surface area contributed by atoms with Crippen molar-refractivity contribution in [3.63, 3.8) is 0 Å². The van der Waals surface area contributed by atoms with Gasteiger partial charge in [0.1, 0.15) is 17.9 Å². The summed E-state index contributed by atoms with van der Waals surface area (Å²) in [5.74, 6) is -0.720. The van der Waals surface area contributed by atoms with Crippen molar-refractivity contribution in [3.8, 4) is 11.4 Å². The average Bonchev–Trinajstić information content (AvgIpc) is 3.34. The molecule has 0 bridgehead atoms. The number of amides is 1. The zero-order valence-electron chi connectivity index (χ0n) is 17.1. The number of rotatable bonds is 7. The van der Waals surface area contributed by atoms with Crippen LogP contribution in [-0.4, -0.2) is 41.6 Å². The van der Waals surface area contributed by atoms with E-state index >= 15 is 0 Å². The van der Waals surface area contributed by atoms with Gasteiger partial charge in [-0.25, -0.2) is 17.5 Å². The number of methoxy groups -OCH3 is 1. The molecule has 0 atom stereocenters. The number of nitrogens with zero attached hydrogens (tertiary/aromatic N) is 4. The molecule has 10 nitrogen and oxygen atoms in total. The number of nitrogens with one attached hydrogen (secondary N) is 2. The van der Waals surface area contributed by atoms with Gasteiger partial charge < -0.3 is 10.1 Å². The highest BCUT2D eigenvalue weighted by atomic mass is 32.2. The minimum atomic E-state index is -4.01. The fourth-order valence-corrected chi connectivity index (χ4v) is 3.99. The number of benzene rings is 3. The van der Waals surface area contributed by atoms with Gasteiger partial charge in [-0.1, -0.05) is 0 Å². The number of carbonyl (C=O) groups is 1. The Hall–Kier alpha value is -4.32. The van der Waals surface area contributed by atoms with Gasteiger partial charge in [-0.2, -0.15) is 0 Å². The van der Waals surface area contributed by atoms with E-state index in [2.05, 4.69) is 25.6 Å². The maximum atomic E-state index is 13.1. The van der Waals surface area contributed by atoms with Crippen LogP contribution >= 0.6 is 0 Å². The van der Waals surface area contributed by atoms with Crippen LogP contribution in [0.15, 0.2) is 78.0 Å². The molecule has 0 fully saturated rings. The van der Waals surface area contributed by atoms with Gasteiger partial charge in [0.25, 0.3) is 15.9 Å². The number of hydrogen-bond acceptors (Lipinski definition) is 7. The van der Waals surface area contributed by atoms with E-state index in [4.69, 9.17) is 4.74 Å². The molecule has 0 aliphatic heterocycles. The van der Waals surface area contributed by atoms with Gasteiger partial charge in [0.15, 0.2) is 0 Å². The van der Waals surface area contributed by atoms with Crippen molar-refractivity contribution in [3.05, 3.63) is 84.4 Å². The van der Waals surface area contributed by atoms with Crippen LogP contribution in [0.5, 0.6) is 5.75 Å². The number of tetrazole rings is 1. The van der Waals surface area contributed by atoms with Crippen molar-refractivity contribution >= 4 is 27.3 Å². The predicted molar refractivity (Wildman–Crippen MR) is 117 cm³/mol. The van der Waals surface area contributed by atoms with Gasteiger partial charge in [-0.05, 0) is 77.2 Å². The smallest absolute Gasteiger partial charge is 0.262 e. The Kier molecular flexibility index (Phi) is 6.00. The summed E-state index contributed by atoms with van der Waals surface area (Å²) in [7, 11) is -2.63. The average molecular weight is 468 g/mol. The third-order valence-electron chi connectivity index (χ3n) is 4.57. The maximum Gasteiger partial charge on any atom is 0.262 e. The Morgan fingerprint density at radius 3 is 2.39 bits per heavy atom. The highest BCUT2D eigenvalue weighted by molar-refractivity contribution is 7.92. The molecule has 1 amide bonds. The summed E-state index contributed by atoms with van der Waals surface area (Å²) in [5, 5.41) is 13.6. The summed E-state index contributed by atoms with van der Waals surface area (Å²) in [6.07, 6.45) is 1.43. The Balaban J connectivity index is 1.53. The lowest BCUT2D eigenvalue weighted by Gasteiger charge is -2.14. The minimum absolute atomic E-state index is 0.105. The van der Waals surface area contributed by atoms with E-state index in [0.29, 0.717) is 16.9 Å². The molecular formula is C21H17FN6O4S. The van der Waals surface area contributed by atoms with Crippen LogP contribution in [0.4, 0.5) is 15.8 Å².